The number of nitrogens with zero attached hydrogens (tertiary/aromatic N) is 6. The Hall–Kier alpha value is -3.27. The van der Waals surface area contributed by atoms with E-state index in [1.54, 1.807) is 6.33 Å². The minimum Gasteiger partial charge on any atom is -0.378 e. The molecule has 39 heavy (non-hydrogen) atoms. The van der Waals surface area contributed by atoms with Crippen LogP contribution in [0.15, 0.2) is 52.6 Å². The van der Waals surface area contributed by atoms with Gasteiger partial charge in [0, 0.05) is 61.9 Å². The second-order valence-corrected chi connectivity index (χ2v) is 11.5. The zero-order chi connectivity index (χ0) is 26.9. The fraction of sp³-hybridized carbons (Fsp3) is 0.400. The van der Waals surface area contributed by atoms with Gasteiger partial charge in [0.25, 0.3) is 5.91 Å². The van der Waals surface area contributed by atoms with Gasteiger partial charge in [-0.05, 0) is 74.0 Å². The van der Waals surface area contributed by atoms with E-state index in [2.05, 4.69) is 74.7 Å². The van der Waals surface area contributed by atoms with Crippen LogP contribution >= 0.6 is 11.8 Å². The van der Waals surface area contributed by atoms with Crippen LogP contribution < -0.4 is 4.90 Å². The zero-order valence-corrected chi connectivity index (χ0v) is 23.6. The van der Waals surface area contributed by atoms with Gasteiger partial charge >= 0.3 is 0 Å². The maximum atomic E-state index is 12.7. The van der Waals surface area contributed by atoms with E-state index < -0.39 is 0 Å². The van der Waals surface area contributed by atoms with Crippen molar-refractivity contribution in [3.8, 4) is 11.3 Å². The van der Waals surface area contributed by atoms with Gasteiger partial charge in [0.1, 0.15) is 6.33 Å². The van der Waals surface area contributed by atoms with Gasteiger partial charge in [0.2, 0.25) is 0 Å². The van der Waals surface area contributed by atoms with E-state index in [4.69, 9.17) is 4.74 Å². The Labute approximate surface area is 233 Å². The Balaban J connectivity index is 1.25. The van der Waals surface area contributed by atoms with E-state index in [1.165, 1.54) is 23.0 Å². The normalized spacial score (nSPS) is 19.9. The molecular weight excluding hydrogens is 508 g/mol. The predicted octanol–water partition coefficient (Wildman–Crippen LogP) is 4.44. The number of piperazine rings is 1. The highest BCUT2D eigenvalue weighted by Gasteiger charge is 2.27. The largest absolute Gasteiger partial charge is 0.378 e. The number of hydrogen-bond donors (Lipinski definition) is 0. The number of amidine groups is 1. The molecule has 8 nitrogen and oxygen atoms in total. The van der Waals surface area contributed by atoms with E-state index in [1.807, 2.05) is 18.2 Å². The number of morpholine rings is 1. The number of carbonyl (C=O) groups is 1. The Kier molecular flexibility index (Phi) is 7.38. The molecule has 0 spiro atoms. The van der Waals surface area contributed by atoms with Crippen molar-refractivity contribution in [2.75, 3.05) is 57.4 Å². The molecular formula is C30H34N6O2S. The van der Waals surface area contributed by atoms with Gasteiger partial charge in [-0.15, -0.1) is 0 Å². The molecule has 0 bridgehead atoms. The molecule has 3 aromatic rings. The molecule has 6 rings (SSSR count). The number of amides is 1. The summed E-state index contributed by atoms with van der Waals surface area (Å²) in [5.74, 6) is -0.188. The Morgan fingerprint density at radius 1 is 0.949 bits per heavy atom. The summed E-state index contributed by atoms with van der Waals surface area (Å²) in [5, 5.41) is 1.73. The van der Waals surface area contributed by atoms with E-state index in [-0.39, 0.29) is 5.91 Å². The fourth-order valence-electron chi connectivity index (χ4n) is 5.47. The number of ether oxygens (including phenoxy) is 1. The third-order valence-electron chi connectivity index (χ3n) is 7.70. The summed E-state index contributed by atoms with van der Waals surface area (Å²) in [6, 6.07) is 13.3. The molecule has 2 aromatic carbocycles. The summed E-state index contributed by atoms with van der Waals surface area (Å²) in [6.07, 6.45) is 3.55. The molecule has 3 aliphatic rings. The molecule has 0 N–H and O–H groups in total. The zero-order valence-electron chi connectivity index (χ0n) is 22.8. The average molecular weight is 543 g/mol. The first kappa shape index (κ1) is 26.0. The number of aromatic nitrogens is 2. The van der Waals surface area contributed by atoms with Crippen molar-refractivity contribution >= 4 is 45.5 Å². The first-order chi connectivity index (χ1) is 19.0. The molecule has 3 aliphatic heterocycles. The van der Waals surface area contributed by atoms with Crippen molar-refractivity contribution in [3.63, 3.8) is 0 Å². The predicted molar refractivity (Wildman–Crippen MR) is 159 cm³/mol. The van der Waals surface area contributed by atoms with Crippen LogP contribution in [-0.4, -0.2) is 89.4 Å². The highest BCUT2D eigenvalue weighted by atomic mass is 32.2. The van der Waals surface area contributed by atoms with Gasteiger partial charge in [0.15, 0.2) is 5.17 Å². The summed E-state index contributed by atoms with van der Waals surface area (Å²) >= 11 is 1.44. The van der Waals surface area contributed by atoms with Crippen molar-refractivity contribution < 1.29 is 9.53 Å². The lowest BCUT2D eigenvalue weighted by Gasteiger charge is -2.38. The summed E-state index contributed by atoms with van der Waals surface area (Å²) < 4.78 is 5.43. The smallest absolute Gasteiger partial charge is 0.286 e. The monoisotopic (exact) mass is 542 g/mol. The number of benzene rings is 2. The van der Waals surface area contributed by atoms with Crippen molar-refractivity contribution in [2.45, 2.75) is 26.8 Å². The molecule has 202 valence electrons. The maximum Gasteiger partial charge on any atom is 0.286 e. The first-order valence-corrected chi connectivity index (χ1v) is 14.5. The molecule has 0 radical (unpaired) electrons. The Morgan fingerprint density at radius 3 is 2.49 bits per heavy atom. The maximum absolute atomic E-state index is 12.7. The van der Waals surface area contributed by atoms with Crippen LogP contribution in [-0.2, 0) is 9.53 Å². The summed E-state index contributed by atoms with van der Waals surface area (Å²) in [5.41, 5.74) is 6.32. The summed E-state index contributed by atoms with van der Waals surface area (Å²) in [6.45, 7) is 13.8. The molecule has 0 unspecified atom stereocenters. The van der Waals surface area contributed by atoms with Crippen LogP contribution in [0.2, 0.25) is 0 Å². The van der Waals surface area contributed by atoms with Crippen molar-refractivity contribution in [1.29, 1.82) is 0 Å². The SMILES string of the molecule is Cc1cc(-c2ncnc3ccc(/C=C4\SC(N5CCOCC5)=NC4=O)cc23)ccc1N1CCN(C(C)C)CC1. The highest BCUT2D eigenvalue weighted by Crippen LogP contribution is 2.34. The van der Waals surface area contributed by atoms with Crippen LogP contribution in [0.25, 0.3) is 28.2 Å². The lowest BCUT2D eigenvalue weighted by molar-refractivity contribution is -0.113. The number of thioether (sulfide) groups is 1. The molecule has 1 amide bonds. The topological polar surface area (TPSA) is 74.2 Å². The van der Waals surface area contributed by atoms with E-state index in [0.717, 1.165) is 72.2 Å². The number of rotatable bonds is 4. The number of hydrogen-bond acceptors (Lipinski definition) is 8. The highest BCUT2D eigenvalue weighted by molar-refractivity contribution is 8.18. The van der Waals surface area contributed by atoms with Crippen LogP contribution in [0.3, 0.4) is 0 Å². The molecule has 4 heterocycles. The standard InChI is InChI=1S/C30H34N6O2S/c1-20(2)34-8-10-35(11-9-34)26-7-5-23(16-21(26)3)28-24-17-22(4-6-25(24)31-19-32-28)18-27-29(37)33-30(39-27)36-12-14-38-15-13-36/h4-7,16-20H,8-15H2,1-3H3/b27-18-. The molecule has 0 aliphatic carbocycles. The van der Waals surface area contributed by atoms with Crippen molar-refractivity contribution in [1.82, 2.24) is 19.8 Å². The average Bonchev–Trinajstić information content (AvgIpc) is 3.33. The first-order valence-electron chi connectivity index (χ1n) is 13.7. The molecule has 0 saturated carbocycles. The van der Waals surface area contributed by atoms with Crippen LogP contribution in [0.5, 0.6) is 0 Å². The number of fused-ring (bicyclic) bond motifs is 1. The summed E-state index contributed by atoms with van der Waals surface area (Å²) in [4.78, 5) is 33.9. The lowest BCUT2D eigenvalue weighted by Crippen LogP contribution is -2.49. The summed E-state index contributed by atoms with van der Waals surface area (Å²) in [7, 11) is 0. The number of aryl methyl sites for hydroxylation is 1. The van der Waals surface area contributed by atoms with Crippen LogP contribution in [0.4, 0.5) is 5.69 Å². The van der Waals surface area contributed by atoms with Gasteiger partial charge in [-0.3, -0.25) is 9.69 Å². The van der Waals surface area contributed by atoms with Gasteiger partial charge in [0.05, 0.1) is 29.3 Å². The lowest BCUT2D eigenvalue weighted by atomic mass is 10.0. The van der Waals surface area contributed by atoms with Gasteiger partial charge < -0.3 is 14.5 Å². The number of carbonyl (C=O) groups excluding carboxylic acids is 1. The van der Waals surface area contributed by atoms with E-state index >= 15 is 0 Å². The van der Waals surface area contributed by atoms with E-state index in [9.17, 15) is 4.79 Å². The Bertz CT molecular complexity index is 1460. The second kappa shape index (κ2) is 11.1. The van der Waals surface area contributed by atoms with Gasteiger partial charge in [-0.25, -0.2) is 9.97 Å². The van der Waals surface area contributed by atoms with Crippen LogP contribution in [0, 0.1) is 6.92 Å². The van der Waals surface area contributed by atoms with Crippen molar-refractivity contribution in [3.05, 3.63) is 58.8 Å². The fourth-order valence-corrected chi connectivity index (χ4v) is 6.44. The quantitative estimate of drug-likeness (QED) is 0.448. The van der Waals surface area contributed by atoms with Crippen LogP contribution in [0.1, 0.15) is 25.0 Å². The number of aliphatic imine (C=N–C) groups is 1. The minimum absolute atomic E-state index is 0.188. The number of anilines is 1. The molecule has 2 fully saturated rings. The molecule has 1 aromatic heterocycles. The van der Waals surface area contributed by atoms with E-state index in [0.29, 0.717) is 24.2 Å². The minimum atomic E-state index is -0.188. The van der Waals surface area contributed by atoms with Gasteiger partial charge in [-0.1, -0.05) is 12.1 Å². The third-order valence-corrected chi connectivity index (χ3v) is 8.75. The Morgan fingerprint density at radius 2 is 1.74 bits per heavy atom. The molecule has 2 saturated heterocycles. The second-order valence-electron chi connectivity index (χ2n) is 10.5. The third kappa shape index (κ3) is 5.44. The molecule has 0 atom stereocenters. The van der Waals surface area contributed by atoms with Crippen molar-refractivity contribution in [2.24, 2.45) is 4.99 Å². The molecule has 9 heteroatoms. The van der Waals surface area contributed by atoms with Gasteiger partial charge in [-0.2, -0.15) is 4.99 Å².